The molecule has 0 spiro atoms. The van der Waals surface area contributed by atoms with E-state index in [1.165, 1.54) is 10.6 Å². The van der Waals surface area contributed by atoms with Gasteiger partial charge in [-0.05, 0) is 42.0 Å². The Morgan fingerprint density at radius 2 is 1.68 bits per heavy atom. The first-order valence-electron chi connectivity index (χ1n) is 14.5. The highest BCUT2D eigenvalue weighted by molar-refractivity contribution is 8.00. The molecule has 3 atom stereocenters. The molecule has 1 unspecified atom stereocenters. The summed E-state index contributed by atoms with van der Waals surface area (Å²) >= 11 is 0. The summed E-state index contributed by atoms with van der Waals surface area (Å²) in [5, 5.41) is 0. The van der Waals surface area contributed by atoms with Crippen molar-refractivity contribution in [1.29, 1.82) is 4.78 Å². The van der Waals surface area contributed by atoms with Crippen LogP contribution in [0, 0.1) is 10.6 Å². The molecule has 4 aromatic rings. The molecule has 12 heteroatoms. The van der Waals surface area contributed by atoms with Gasteiger partial charge in [0.2, 0.25) is 0 Å². The van der Waals surface area contributed by atoms with Crippen molar-refractivity contribution in [3.05, 3.63) is 60.4 Å². The number of benzene rings is 2. The summed E-state index contributed by atoms with van der Waals surface area (Å²) in [7, 11) is -3.19. The van der Waals surface area contributed by atoms with E-state index in [0.29, 0.717) is 12.2 Å². The van der Waals surface area contributed by atoms with E-state index >= 15 is 4.39 Å². The SMILES string of the molecule is C=S(C)(=N)c1ccc(-c2ccc(-c3nc4nc(O[C@@H]5CO[C@H](CC)C5(F)F)n(COCC[Si](C)(C)C)c4cc3F)cc2)cc1. The summed E-state index contributed by atoms with van der Waals surface area (Å²) in [6.07, 6.45) is -0.829. The topological polar surface area (TPSA) is 82.3 Å². The van der Waals surface area contributed by atoms with Gasteiger partial charge in [0.1, 0.15) is 18.5 Å². The quantitative estimate of drug-likeness (QED) is 0.103. The van der Waals surface area contributed by atoms with E-state index in [-0.39, 0.29) is 42.6 Å². The molecule has 236 valence electrons. The van der Waals surface area contributed by atoms with Gasteiger partial charge in [-0.2, -0.15) is 13.8 Å². The summed E-state index contributed by atoms with van der Waals surface area (Å²) in [6.45, 7) is 8.46. The number of nitrogens with zero attached hydrogens (tertiary/aromatic N) is 3. The minimum absolute atomic E-state index is 0.0461. The van der Waals surface area contributed by atoms with E-state index in [0.717, 1.165) is 22.1 Å². The van der Waals surface area contributed by atoms with Crippen LogP contribution in [0.3, 0.4) is 0 Å². The number of pyridine rings is 1. The van der Waals surface area contributed by atoms with Gasteiger partial charge in [0.25, 0.3) is 0 Å². The van der Waals surface area contributed by atoms with Gasteiger partial charge in [0.05, 0.1) is 12.1 Å². The van der Waals surface area contributed by atoms with E-state index in [2.05, 4.69) is 35.5 Å². The second-order valence-corrected chi connectivity index (χ2v) is 20.8. The lowest BCUT2D eigenvalue weighted by Gasteiger charge is -2.22. The molecule has 44 heavy (non-hydrogen) atoms. The first-order chi connectivity index (χ1) is 20.7. The van der Waals surface area contributed by atoms with E-state index in [1.807, 2.05) is 42.7 Å². The zero-order chi connectivity index (χ0) is 31.9. The second-order valence-electron chi connectivity index (χ2n) is 12.5. The number of nitrogens with one attached hydrogen (secondary N) is 1. The van der Waals surface area contributed by atoms with Crippen molar-refractivity contribution in [2.24, 2.45) is 0 Å². The van der Waals surface area contributed by atoms with Gasteiger partial charge in [-0.15, -0.1) is 9.41 Å². The zero-order valence-electron chi connectivity index (χ0n) is 25.7. The summed E-state index contributed by atoms with van der Waals surface area (Å²) in [5.41, 5.74) is 2.95. The monoisotopic (exact) mass is 644 g/mol. The fourth-order valence-electron chi connectivity index (χ4n) is 4.99. The van der Waals surface area contributed by atoms with Crippen molar-refractivity contribution < 1.29 is 27.4 Å². The van der Waals surface area contributed by atoms with E-state index in [1.54, 1.807) is 19.1 Å². The van der Waals surface area contributed by atoms with E-state index in [4.69, 9.17) is 19.0 Å². The second kappa shape index (κ2) is 12.3. The third-order valence-electron chi connectivity index (χ3n) is 7.67. The molecule has 5 rings (SSSR count). The van der Waals surface area contributed by atoms with Gasteiger partial charge < -0.3 is 14.2 Å². The summed E-state index contributed by atoms with van der Waals surface area (Å²) in [5.74, 6) is 0.143. The number of imidazole rings is 1. The fraction of sp³-hybridized carbons (Fsp3) is 0.406. The van der Waals surface area contributed by atoms with Gasteiger partial charge in [0, 0.05) is 31.2 Å². The van der Waals surface area contributed by atoms with Gasteiger partial charge in [-0.3, -0.25) is 9.35 Å². The average Bonchev–Trinajstić information content (AvgIpc) is 3.44. The standard InChI is InChI=1S/C32H39F3N4O3SSi/c1-7-27-32(34,35)28(19-41-27)42-31-38-30-26(39(31)20-40-16-17-44(4,5)6)18-25(33)29(37-30)23-10-8-21(9-11-23)22-12-14-24(15-13-22)43(2,3)36/h8-15,18,27-28,36H,2,7,16-17,19-20H2,1,3-6H3/t27-,28-,43?/m1/s1. The number of fused-ring (bicyclic) bond motifs is 1. The van der Waals surface area contributed by atoms with Gasteiger partial charge in [0.15, 0.2) is 17.6 Å². The van der Waals surface area contributed by atoms with Crippen molar-refractivity contribution in [2.75, 3.05) is 19.5 Å². The zero-order valence-corrected chi connectivity index (χ0v) is 27.5. The molecule has 2 aromatic heterocycles. The Hall–Kier alpha value is -3.19. The molecule has 1 N–H and O–H groups in total. The van der Waals surface area contributed by atoms with Crippen molar-refractivity contribution in [1.82, 2.24) is 14.5 Å². The Morgan fingerprint density at radius 3 is 2.25 bits per heavy atom. The summed E-state index contributed by atoms with van der Waals surface area (Å²) in [6, 6.07) is 17.1. The predicted molar refractivity (Wildman–Crippen MR) is 173 cm³/mol. The van der Waals surface area contributed by atoms with Crippen LogP contribution in [-0.4, -0.2) is 66.1 Å². The van der Waals surface area contributed by atoms with Crippen LogP contribution in [-0.2, 0) is 25.6 Å². The molecule has 1 fully saturated rings. The Balaban J connectivity index is 1.45. The number of rotatable bonds is 11. The lowest BCUT2D eigenvalue weighted by atomic mass is 10.0. The molecule has 2 aromatic carbocycles. The molecule has 0 saturated carbocycles. The first kappa shape index (κ1) is 32.2. The number of ether oxygens (including phenoxy) is 3. The highest BCUT2D eigenvalue weighted by Gasteiger charge is 2.55. The van der Waals surface area contributed by atoms with Gasteiger partial charge in [-0.1, -0.05) is 68.8 Å². The van der Waals surface area contributed by atoms with Crippen molar-refractivity contribution in [3.8, 4) is 28.4 Å². The lowest BCUT2D eigenvalue weighted by molar-refractivity contribution is -0.107. The Labute approximate surface area is 257 Å². The number of hydrogen-bond donors (Lipinski definition) is 1. The molecular weight excluding hydrogens is 606 g/mol. The first-order valence-corrected chi connectivity index (χ1v) is 20.5. The number of hydrogen-bond acceptors (Lipinski definition) is 6. The highest BCUT2D eigenvalue weighted by Crippen LogP contribution is 2.37. The smallest absolute Gasteiger partial charge is 0.311 e. The van der Waals surface area contributed by atoms with Crippen LogP contribution in [0.15, 0.2) is 59.5 Å². The Kier molecular flexibility index (Phi) is 9.01. The third kappa shape index (κ3) is 6.88. The number of aromatic nitrogens is 3. The average molecular weight is 645 g/mol. The van der Waals surface area contributed by atoms with Crippen molar-refractivity contribution in [3.63, 3.8) is 0 Å². The highest BCUT2D eigenvalue weighted by atomic mass is 32.2. The molecule has 0 bridgehead atoms. The molecule has 0 aliphatic carbocycles. The molecule has 0 radical (unpaired) electrons. The van der Waals surface area contributed by atoms with Gasteiger partial charge in [-0.25, -0.2) is 9.37 Å². The fourth-order valence-corrected chi connectivity index (χ4v) is 6.48. The normalized spacial score (nSPS) is 19.7. The molecule has 1 aliphatic heterocycles. The lowest BCUT2D eigenvalue weighted by Crippen LogP contribution is -2.41. The van der Waals surface area contributed by atoms with Gasteiger partial charge >= 0.3 is 11.9 Å². The number of halogens is 3. The molecule has 3 heterocycles. The Morgan fingerprint density at radius 1 is 1.07 bits per heavy atom. The van der Waals surface area contributed by atoms with E-state index < -0.39 is 41.4 Å². The maximum atomic E-state index is 15.6. The molecule has 1 saturated heterocycles. The molecular formula is C32H39F3N4O3SSi. The van der Waals surface area contributed by atoms with Crippen molar-refractivity contribution >= 4 is 34.5 Å². The van der Waals surface area contributed by atoms with Crippen LogP contribution in [0.2, 0.25) is 25.7 Å². The van der Waals surface area contributed by atoms with Crippen LogP contribution in [0.5, 0.6) is 6.01 Å². The largest absolute Gasteiger partial charge is 0.452 e. The molecule has 7 nitrogen and oxygen atoms in total. The van der Waals surface area contributed by atoms with Crippen LogP contribution >= 0.6 is 0 Å². The van der Waals surface area contributed by atoms with E-state index in [9.17, 15) is 8.78 Å². The van der Waals surface area contributed by atoms with Crippen LogP contribution in [0.25, 0.3) is 33.5 Å². The molecule has 0 amide bonds. The van der Waals surface area contributed by atoms with Crippen molar-refractivity contribution in [2.45, 2.75) is 68.8 Å². The summed E-state index contributed by atoms with van der Waals surface area (Å²) in [4.78, 5) is 9.81. The maximum absolute atomic E-state index is 15.6. The third-order valence-corrected chi connectivity index (χ3v) is 10.7. The van der Waals surface area contributed by atoms with Crippen LogP contribution in [0.1, 0.15) is 13.3 Å². The minimum atomic E-state index is -3.21. The Bertz CT molecular complexity index is 1740. The van der Waals surface area contributed by atoms with Crippen LogP contribution < -0.4 is 4.74 Å². The van der Waals surface area contributed by atoms with Crippen LogP contribution in [0.4, 0.5) is 13.2 Å². The predicted octanol–water partition coefficient (Wildman–Crippen LogP) is 7.75. The summed E-state index contributed by atoms with van der Waals surface area (Å²) < 4.78 is 72.1. The molecule has 1 aliphatic rings. The maximum Gasteiger partial charge on any atom is 0.311 e. The number of alkyl halides is 2. The minimum Gasteiger partial charge on any atom is -0.452 e.